The van der Waals surface area contributed by atoms with Gasteiger partial charge in [0.15, 0.2) is 0 Å². The van der Waals surface area contributed by atoms with Crippen LogP contribution >= 0.6 is 0 Å². The number of hydrogen-bond acceptors (Lipinski definition) is 5. The first kappa shape index (κ1) is 21.2. The van der Waals surface area contributed by atoms with E-state index < -0.39 is 12.7 Å². The highest BCUT2D eigenvalue weighted by Gasteiger charge is 2.27. The second-order valence-electron chi connectivity index (χ2n) is 7.92. The summed E-state index contributed by atoms with van der Waals surface area (Å²) >= 11 is 0. The SMILES string of the molecule is CN1CCC(c2ccc(Nc3nc(NCC(F)(F)F)cc4cc[nH]c(=O)c34)cc2)CC1. The van der Waals surface area contributed by atoms with E-state index in [0.717, 1.165) is 25.9 Å². The fourth-order valence-electron chi connectivity index (χ4n) is 3.90. The third kappa shape index (κ3) is 5.16. The van der Waals surface area contributed by atoms with Gasteiger partial charge in [0.25, 0.3) is 5.56 Å². The van der Waals surface area contributed by atoms with E-state index in [-0.39, 0.29) is 17.2 Å². The molecule has 6 nitrogen and oxygen atoms in total. The molecule has 4 rings (SSSR count). The van der Waals surface area contributed by atoms with Crippen LogP contribution in [0, 0.1) is 0 Å². The first-order chi connectivity index (χ1) is 14.8. The van der Waals surface area contributed by atoms with Gasteiger partial charge in [-0.3, -0.25) is 4.79 Å². The van der Waals surface area contributed by atoms with Gasteiger partial charge in [0, 0.05) is 11.9 Å². The predicted molar refractivity (Wildman–Crippen MR) is 116 cm³/mol. The normalized spacial score (nSPS) is 15.9. The summed E-state index contributed by atoms with van der Waals surface area (Å²) in [5.74, 6) is 0.763. The van der Waals surface area contributed by atoms with E-state index in [1.807, 2.05) is 12.1 Å². The Kier molecular flexibility index (Phi) is 5.86. The summed E-state index contributed by atoms with van der Waals surface area (Å²) in [6.45, 7) is 0.932. The van der Waals surface area contributed by atoms with Gasteiger partial charge in [0.2, 0.25) is 0 Å². The maximum Gasteiger partial charge on any atom is 0.405 e. The van der Waals surface area contributed by atoms with Crippen LogP contribution in [0.25, 0.3) is 10.8 Å². The van der Waals surface area contributed by atoms with Gasteiger partial charge >= 0.3 is 6.18 Å². The molecule has 2 aromatic heterocycles. The highest BCUT2D eigenvalue weighted by atomic mass is 19.4. The van der Waals surface area contributed by atoms with Crippen molar-refractivity contribution in [2.45, 2.75) is 24.9 Å². The molecule has 0 amide bonds. The van der Waals surface area contributed by atoms with Crippen LogP contribution < -0.4 is 16.2 Å². The van der Waals surface area contributed by atoms with Crippen LogP contribution in [0.15, 0.2) is 47.4 Å². The maximum absolute atomic E-state index is 12.6. The largest absolute Gasteiger partial charge is 0.405 e. The summed E-state index contributed by atoms with van der Waals surface area (Å²) < 4.78 is 37.8. The second-order valence-corrected chi connectivity index (χ2v) is 7.92. The average Bonchev–Trinajstić information content (AvgIpc) is 2.73. The molecule has 0 radical (unpaired) electrons. The number of nitrogens with zero attached hydrogens (tertiary/aromatic N) is 2. The van der Waals surface area contributed by atoms with Crippen LogP contribution in [0.4, 0.5) is 30.5 Å². The van der Waals surface area contributed by atoms with Crippen molar-refractivity contribution in [2.24, 2.45) is 0 Å². The van der Waals surface area contributed by atoms with Gasteiger partial charge in [-0.1, -0.05) is 12.1 Å². The fraction of sp³-hybridized carbons (Fsp3) is 0.364. The molecule has 3 N–H and O–H groups in total. The fourth-order valence-corrected chi connectivity index (χ4v) is 3.90. The molecule has 0 atom stereocenters. The minimum atomic E-state index is -4.37. The van der Waals surface area contributed by atoms with Gasteiger partial charge in [0.05, 0.1) is 5.39 Å². The first-order valence-electron chi connectivity index (χ1n) is 10.2. The summed E-state index contributed by atoms with van der Waals surface area (Å²) in [5, 5.41) is 6.17. The minimum Gasteiger partial charge on any atom is -0.361 e. The lowest BCUT2D eigenvalue weighted by atomic mass is 9.89. The van der Waals surface area contributed by atoms with Crippen LogP contribution in [-0.2, 0) is 0 Å². The van der Waals surface area contributed by atoms with Gasteiger partial charge in [-0.15, -0.1) is 0 Å². The van der Waals surface area contributed by atoms with Crippen molar-refractivity contribution in [1.29, 1.82) is 0 Å². The molecule has 1 fully saturated rings. The molecule has 1 aromatic carbocycles. The standard InChI is InChI=1S/C22H24F3N5O/c1-30-10-7-15(8-11-30)14-2-4-17(5-3-14)28-20-19-16(6-9-26-21(19)31)12-18(29-20)27-13-22(23,24)25/h2-6,9,12,15H,7-8,10-11,13H2,1H3,(H,26,31)(H2,27,28,29). The first-order valence-corrected chi connectivity index (χ1v) is 10.2. The Balaban J connectivity index is 1.60. The summed E-state index contributed by atoms with van der Waals surface area (Å²) in [7, 11) is 2.12. The van der Waals surface area contributed by atoms with Crippen molar-refractivity contribution < 1.29 is 13.2 Å². The van der Waals surface area contributed by atoms with Gasteiger partial charge in [-0.2, -0.15) is 13.2 Å². The molecule has 3 heterocycles. The number of alkyl halides is 3. The average molecular weight is 431 g/mol. The van der Waals surface area contributed by atoms with Gasteiger partial charge < -0.3 is 20.5 Å². The van der Waals surface area contributed by atoms with Crippen molar-refractivity contribution >= 4 is 28.1 Å². The number of halogens is 3. The molecule has 1 aliphatic rings. The number of benzene rings is 1. The molecule has 1 aliphatic heterocycles. The Morgan fingerprint density at radius 1 is 1.16 bits per heavy atom. The molecule has 31 heavy (non-hydrogen) atoms. The molecule has 0 aliphatic carbocycles. The van der Waals surface area contributed by atoms with Crippen LogP contribution in [0.1, 0.15) is 24.3 Å². The van der Waals surface area contributed by atoms with Crippen molar-refractivity contribution in [1.82, 2.24) is 14.9 Å². The van der Waals surface area contributed by atoms with E-state index in [4.69, 9.17) is 0 Å². The zero-order chi connectivity index (χ0) is 22.0. The molecule has 1 saturated heterocycles. The van der Waals surface area contributed by atoms with Gasteiger partial charge in [0.1, 0.15) is 18.2 Å². The number of H-pyrrole nitrogens is 1. The molecule has 9 heteroatoms. The molecule has 0 bridgehead atoms. The number of likely N-dealkylation sites (tertiary alicyclic amines) is 1. The molecule has 0 saturated carbocycles. The third-order valence-corrected chi connectivity index (χ3v) is 5.59. The Morgan fingerprint density at radius 2 is 1.87 bits per heavy atom. The van der Waals surface area contributed by atoms with Crippen LogP contribution in [0.3, 0.4) is 0 Å². The monoisotopic (exact) mass is 431 g/mol. The highest BCUT2D eigenvalue weighted by Crippen LogP contribution is 2.30. The summed E-state index contributed by atoms with van der Waals surface area (Å²) in [4.78, 5) is 21.5. The smallest absolute Gasteiger partial charge is 0.361 e. The number of nitrogens with one attached hydrogen (secondary N) is 3. The van der Waals surface area contributed by atoms with Crippen LogP contribution in [0.2, 0.25) is 0 Å². The van der Waals surface area contributed by atoms with E-state index in [9.17, 15) is 18.0 Å². The van der Waals surface area contributed by atoms with E-state index in [1.54, 1.807) is 6.07 Å². The summed E-state index contributed by atoms with van der Waals surface area (Å²) in [6.07, 6.45) is -0.698. The number of hydrogen-bond donors (Lipinski definition) is 3. The lowest BCUT2D eigenvalue weighted by Gasteiger charge is -2.29. The minimum absolute atomic E-state index is 0.0425. The van der Waals surface area contributed by atoms with Crippen molar-refractivity contribution in [3.8, 4) is 0 Å². The lowest BCUT2D eigenvalue weighted by molar-refractivity contribution is -0.115. The predicted octanol–water partition coefficient (Wildman–Crippen LogP) is 4.45. The number of piperidine rings is 1. The van der Waals surface area contributed by atoms with E-state index >= 15 is 0 Å². The number of aromatic amines is 1. The highest BCUT2D eigenvalue weighted by molar-refractivity contribution is 5.94. The molecule has 3 aromatic rings. The number of rotatable bonds is 5. The van der Waals surface area contributed by atoms with Crippen molar-refractivity contribution in [2.75, 3.05) is 37.3 Å². The summed E-state index contributed by atoms with van der Waals surface area (Å²) in [5.41, 5.74) is 1.61. The number of fused-ring (bicyclic) bond motifs is 1. The van der Waals surface area contributed by atoms with Crippen molar-refractivity contribution in [3.63, 3.8) is 0 Å². The molecule has 164 valence electrons. The molecular formula is C22H24F3N5O. The Hall–Kier alpha value is -3.07. The lowest BCUT2D eigenvalue weighted by Crippen LogP contribution is -2.29. The van der Waals surface area contributed by atoms with Crippen LogP contribution in [0.5, 0.6) is 0 Å². The van der Waals surface area contributed by atoms with Gasteiger partial charge in [-0.05, 0) is 74.1 Å². The Morgan fingerprint density at radius 3 is 2.55 bits per heavy atom. The number of anilines is 3. The molecule has 0 unspecified atom stereocenters. The zero-order valence-electron chi connectivity index (χ0n) is 17.1. The zero-order valence-corrected chi connectivity index (χ0v) is 17.1. The van der Waals surface area contributed by atoms with Gasteiger partial charge in [-0.25, -0.2) is 4.98 Å². The molecule has 0 spiro atoms. The van der Waals surface area contributed by atoms with Crippen molar-refractivity contribution in [3.05, 3.63) is 58.5 Å². The Bertz CT molecular complexity index is 1100. The number of pyridine rings is 2. The maximum atomic E-state index is 12.6. The second kappa shape index (κ2) is 8.58. The Labute approximate surface area is 177 Å². The third-order valence-electron chi connectivity index (χ3n) is 5.59. The van der Waals surface area contributed by atoms with E-state index in [1.165, 1.54) is 17.8 Å². The molecular weight excluding hydrogens is 407 g/mol. The van der Waals surface area contributed by atoms with E-state index in [2.05, 4.69) is 44.7 Å². The topological polar surface area (TPSA) is 73.0 Å². The summed E-state index contributed by atoms with van der Waals surface area (Å²) in [6, 6.07) is 11.0. The quantitative estimate of drug-likeness (QED) is 0.557. The number of aromatic nitrogens is 2. The van der Waals surface area contributed by atoms with Crippen LogP contribution in [-0.4, -0.2) is 47.7 Å². The van der Waals surface area contributed by atoms with E-state index in [0.29, 0.717) is 22.4 Å².